The Labute approximate surface area is 94.2 Å². The Morgan fingerprint density at radius 3 is 2.88 bits per heavy atom. The van der Waals surface area contributed by atoms with Crippen LogP contribution in [0, 0.1) is 5.92 Å². The van der Waals surface area contributed by atoms with Crippen molar-refractivity contribution in [1.29, 1.82) is 0 Å². The largest absolute Gasteiger partial charge is 0.383 e. The molecule has 1 saturated heterocycles. The number of rotatable bonds is 1. The van der Waals surface area contributed by atoms with Gasteiger partial charge in [-0.2, -0.15) is 5.10 Å². The van der Waals surface area contributed by atoms with E-state index < -0.39 is 0 Å². The fourth-order valence-electron chi connectivity index (χ4n) is 2.94. The fourth-order valence-corrected chi connectivity index (χ4v) is 2.94. The molecule has 2 heterocycles. The van der Waals surface area contributed by atoms with E-state index in [1.807, 2.05) is 4.90 Å². The third-order valence-electron chi connectivity index (χ3n) is 3.89. The molecule has 5 nitrogen and oxygen atoms in total. The number of aromatic nitrogens is 2. The second-order valence-electron chi connectivity index (χ2n) is 4.86. The maximum atomic E-state index is 12.3. The molecule has 3 rings (SSSR count). The second kappa shape index (κ2) is 3.23. The number of aryl methyl sites for hydroxylation is 1. The summed E-state index contributed by atoms with van der Waals surface area (Å²) >= 11 is 0. The molecule has 86 valence electrons. The van der Waals surface area contributed by atoms with E-state index in [9.17, 15) is 4.79 Å². The number of nitrogens with two attached hydrogens (primary N) is 1. The van der Waals surface area contributed by atoms with Gasteiger partial charge in [-0.1, -0.05) is 0 Å². The van der Waals surface area contributed by atoms with Crippen LogP contribution >= 0.6 is 0 Å². The summed E-state index contributed by atoms with van der Waals surface area (Å²) in [6.07, 6.45) is 5.17. The quantitative estimate of drug-likeness (QED) is 0.755. The first-order chi connectivity index (χ1) is 7.66. The normalized spacial score (nSPS) is 27.7. The summed E-state index contributed by atoms with van der Waals surface area (Å²) in [5.74, 6) is 1.23. The van der Waals surface area contributed by atoms with Crippen molar-refractivity contribution in [2.75, 3.05) is 12.3 Å². The third-order valence-corrected chi connectivity index (χ3v) is 3.89. The minimum absolute atomic E-state index is 0.0535. The van der Waals surface area contributed by atoms with Gasteiger partial charge >= 0.3 is 0 Å². The van der Waals surface area contributed by atoms with Gasteiger partial charge in [0.1, 0.15) is 11.4 Å². The van der Waals surface area contributed by atoms with Gasteiger partial charge in [0.2, 0.25) is 0 Å². The van der Waals surface area contributed by atoms with E-state index in [0.717, 1.165) is 13.0 Å². The molecule has 1 aromatic heterocycles. The highest BCUT2D eigenvalue weighted by Crippen LogP contribution is 2.38. The zero-order valence-corrected chi connectivity index (χ0v) is 9.39. The van der Waals surface area contributed by atoms with Gasteiger partial charge in [0.15, 0.2) is 0 Å². The number of nitrogen functional groups attached to an aromatic ring is 1. The van der Waals surface area contributed by atoms with E-state index in [1.54, 1.807) is 17.9 Å². The lowest BCUT2D eigenvalue weighted by atomic mass is 10.1. The van der Waals surface area contributed by atoms with Crippen LogP contribution in [0.25, 0.3) is 0 Å². The lowest BCUT2D eigenvalue weighted by Gasteiger charge is -2.26. The third kappa shape index (κ3) is 1.24. The standard InChI is InChI=1S/C11H16N4O/c1-14-10(12)9(5-13-14)11(16)15-6-7-2-3-8(15)4-7/h5,7-8H,2-4,6,12H2,1H3. The van der Waals surface area contributed by atoms with Gasteiger partial charge in [-0.15, -0.1) is 0 Å². The van der Waals surface area contributed by atoms with Crippen LogP contribution in [0.15, 0.2) is 6.20 Å². The zero-order chi connectivity index (χ0) is 11.3. The summed E-state index contributed by atoms with van der Waals surface area (Å²) in [6, 6.07) is 0.442. The van der Waals surface area contributed by atoms with Crippen LogP contribution in [-0.4, -0.2) is 33.2 Å². The number of hydrogen-bond acceptors (Lipinski definition) is 3. The minimum Gasteiger partial charge on any atom is -0.383 e. The lowest BCUT2D eigenvalue weighted by Crippen LogP contribution is -2.37. The Morgan fingerprint density at radius 1 is 1.56 bits per heavy atom. The Morgan fingerprint density at radius 2 is 2.38 bits per heavy atom. The molecule has 1 amide bonds. The maximum absolute atomic E-state index is 12.3. The molecule has 2 N–H and O–H groups in total. The molecule has 1 aliphatic heterocycles. The van der Waals surface area contributed by atoms with E-state index in [0.29, 0.717) is 23.3 Å². The Balaban J connectivity index is 1.86. The number of carbonyl (C=O) groups excluding carboxylic acids is 1. The molecule has 2 atom stereocenters. The second-order valence-corrected chi connectivity index (χ2v) is 4.86. The van der Waals surface area contributed by atoms with Gasteiger partial charge in [0.05, 0.1) is 6.20 Å². The predicted molar refractivity (Wildman–Crippen MR) is 59.8 cm³/mol. The Kier molecular flexibility index (Phi) is 1.96. The summed E-state index contributed by atoms with van der Waals surface area (Å²) in [5.41, 5.74) is 6.37. The molecular formula is C11H16N4O. The van der Waals surface area contributed by atoms with Crippen molar-refractivity contribution in [1.82, 2.24) is 14.7 Å². The van der Waals surface area contributed by atoms with Gasteiger partial charge in [-0.3, -0.25) is 9.48 Å². The number of amides is 1. The molecule has 2 aliphatic rings. The predicted octanol–water partition coefficient (Wildman–Crippen LogP) is 0.627. The molecule has 2 fully saturated rings. The van der Waals surface area contributed by atoms with Crippen molar-refractivity contribution in [2.45, 2.75) is 25.3 Å². The van der Waals surface area contributed by atoms with Crippen molar-refractivity contribution in [3.8, 4) is 0 Å². The lowest BCUT2D eigenvalue weighted by molar-refractivity contribution is 0.0704. The van der Waals surface area contributed by atoms with Gasteiger partial charge in [-0.05, 0) is 25.2 Å². The van der Waals surface area contributed by atoms with Crippen molar-refractivity contribution in [2.24, 2.45) is 13.0 Å². The molecule has 1 saturated carbocycles. The van der Waals surface area contributed by atoms with Gasteiger partial charge in [0.25, 0.3) is 5.91 Å². The Bertz CT molecular complexity index is 439. The molecule has 2 unspecified atom stereocenters. The van der Waals surface area contributed by atoms with Crippen LogP contribution in [0.1, 0.15) is 29.6 Å². The zero-order valence-electron chi connectivity index (χ0n) is 9.39. The number of hydrogen-bond donors (Lipinski definition) is 1. The highest BCUT2D eigenvalue weighted by molar-refractivity contribution is 5.98. The number of fused-ring (bicyclic) bond motifs is 2. The minimum atomic E-state index is 0.0535. The molecule has 0 radical (unpaired) electrons. The average Bonchev–Trinajstić information content (AvgIpc) is 2.95. The summed E-state index contributed by atoms with van der Waals surface area (Å²) in [5, 5.41) is 4.01. The van der Waals surface area contributed by atoms with Gasteiger partial charge < -0.3 is 10.6 Å². The summed E-state index contributed by atoms with van der Waals surface area (Å²) in [6.45, 7) is 0.901. The van der Waals surface area contributed by atoms with Crippen LogP contribution in [0.2, 0.25) is 0 Å². The molecule has 0 spiro atoms. The maximum Gasteiger partial charge on any atom is 0.259 e. The number of likely N-dealkylation sites (tertiary alicyclic amines) is 1. The highest BCUT2D eigenvalue weighted by Gasteiger charge is 2.41. The van der Waals surface area contributed by atoms with Gasteiger partial charge in [-0.25, -0.2) is 0 Å². The van der Waals surface area contributed by atoms with Crippen LogP contribution in [0.3, 0.4) is 0 Å². The molecule has 5 heteroatoms. The molecule has 16 heavy (non-hydrogen) atoms. The monoisotopic (exact) mass is 220 g/mol. The smallest absolute Gasteiger partial charge is 0.259 e. The van der Waals surface area contributed by atoms with Crippen LogP contribution in [0.5, 0.6) is 0 Å². The average molecular weight is 220 g/mol. The van der Waals surface area contributed by atoms with Crippen molar-refractivity contribution >= 4 is 11.7 Å². The first-order valence-electron chi connectivity index (χ1n) is 5.75. The number of nitrogens with zero attached hydrogens (tertiary/aromatic N) is 3. The SMILES string of the molecule is Cn1ncc(C(=O)N2CC3CCC2C3)c1N. The van der Waals surface area contributed by atoms with Crippen LogP contribution in [-0.2, 0) is 7.05 Å². The molecule has 1 aromatic rings. The van der Waals surface area contributed by atoms with Crippen molar-refractivity contribution in [3.05, 3.63) is 11.8 Å². The number of piperidine rings is 1. The van der Waals surface area contributed by atoms with E-state index in [2.05, 4.69) is 5.10 Å². The molecular weight excluding hydrogens is 204 g/mol. The Hall–Kier alpha value is -1.52. The molecule has 1 aliphatic carbocycles. The van der Waals surface area contributed by atoms with Crippen molar-refractivity contribution < 1.29 is 4.79 Å². The summed E-state index contributed by atoms with van der Waals surface area (Å²) < 4.78 is 1.54. The number of carbonyl (C=O) groups is 1. The van der Waals surface area contributed by atoms with Crippen LogP contribution in [0.4, 0.5) is 5.82 Å². The molecule has 0 aromatic carbocycles. The summed E-state index contributed by atoms with van der Waals surface area (Å²) in [7, 11) is 1.75. The topological polar surface area (TPSA) is 64.2 Å². The van der Waals surface area contributed by atoms with Crippen LogP contribution < -0.4 is 5.73 Å². The van der Waals surface area contributed by atoms with E-state index in [4.69, 9.17) is 5.73 Å². The van der Waals surface area contributed by atoms with E-state index in [-0.39, 0.29) is 5.91 Å². The number of anilines is 1. The molecule has 2 bridgehead atoms. The van der Waals surface area contributed by atoms with E-state index in [1.165, 1.54) is 12.8 Å². The van der Waals surface area contributed by atoms with Crippen molar-refractivity contribution in [3.63, 3.8) is 0 Å². The summed E-state index contributed by atoms with van der Waals surface area (Å²) in [4.78, 5) is 14.2. The van der Waals surface area contributed by atoms with E-state index >= 15 is 0 Å². The first kappa shape index (κ1) is 9.69. The first-order valence-corrected chi connectivity index (χ1v) is 5.75. The highest BCUT2D eigenvalue weighted by atomic mass is 16.2. The fraction of sp³-hybridized carbons (Fsp3) is 0.636. The van der Waals surface area contributed by atoms with Gasteiger partial charge in [0, 0.05) is 19.6 Å².